The zero-order chi connectivity index (χ0) is 25.1. The predicted molar refractivity (Wildman–Crippen MR) is 148 cm³/mol. The number of anilines is 2. The van der Waals surface area contributed by atoms with E-state index in [4.69, 9.17) is 0 Å². The summed E-state index contributed by atoms with van der Waals surface area (Å²) in [6, 6.07) is 27.7. The van der Waals surface area contributed by atoms with Crippen molar-refractivity contribution < 1.29 is 13.2 Å². The Bertz CT molecular complexity index is 1510. The molecular weight excluding hydrogens is 488 g/mol. The van der Waals surface area contributed by atoms with Crippen LogP contribution in [-0.2, 0) is 27.7 Å². The molecule has 0 aliphatic heterocycles. The molecule has 0 heterocycles. The molecule has 5 rings (SSSR count). The van der Waals surface area contributed by atoms with Gasteiger partial charge < -0.3 is 5.32 Å². The highest BCUT2D eigenvalue weighted by molar-refractivity contribution is 7.99. The molecule has 0 radical (unpaired) electrons. The van der Waals surface area contributed by atoms with Crippen molar-refractivity contribution in [1.82, 2.24) is 0 Å². The Morgan fingerprint density at radius 3 is 2.39 bits per heavy atom. The number of hydrogen-bond acceptors (Lipinski definition) is 4. The Labute approximate surface area is 216 Å². The van der Waals surface area contributed by atoms with Crippen LogP contribution in [-0.4, -0.2) is 27.1 Å². The van der Waals surface area contributed by atoms with E-state index in [-0.39, 0.29) is 18.9 Å². The first-order valence-corrected chi connectivity index (χ1v) is 14.7. The van der Waals surface area contributed by atoms with E-state index in [9.17, 15) is 13.2 Å². The topological polar surface area (TPSA) is 66.5 Å². The first-order valence-electron chi connectivity index (χ1n) is 12.0. The van der Waals surface area contributed by atoms with Gasteiger partial charge in [-0.1, -0.05) is 66.4 Å². The average molecular weight is 517 g/mol. The molecule has 0 saturated carbocycles. The van der Waals surface area contributed by atoms with E-state index in [2.05, 4.69) is 23.5 Å². The van der Waals surface area contributed by atoms with Gasteiger partial charge >= 0.3 is 0 Å². The Morgan fingerprint density at radius 2 is 1.61 bits per heavy atom. The molecule has 5 nitrogen and oxygen atoms in total. The number of hydrogen-bond donors (Lipinski definition) is 1. The number of benzene rings is 4. The van der Waals surface area contributed by atoms with Gasteiger partial charge in [-0.05, 0) is 66.1 Å². The first kappa shape index (κ1) is 24.4. The smallest absolute Gasteiger partial charge is 0.232 e. The number of carbonyl (C=O) groups excluding carboxylic acids is 1. The van der Waals surface area contributed by atoms with E-state index in [1.807, 2.05) is 66.7 Å². The molecule has 4 aromatic carbocycles. The highest BCUT2D eigenvalue weighted by atomic mass is 32.2. The summed E-state index contributed by atoms with van der Waals surface area (Å²) in [6.45, 7) is 0.225. The van der Waals surface area contributed by atoms with Crippen LogP contribution in [0.3, 0.4) is 0 Å². The fourth-order valence-corrected chi connectivity index (χ4v) is 6.79. The third kappa shape index (κ3) is 5.27. The molecule has 0 bridgehead atoms. The summed E-state index contributed by atoms with van der Waals surface area (Å²) in [4.78, 5) is 14.7. The molecule has 0 fully saturated rings. The number of aryl methyl sites for hydroxylation is 2. The van der Waals surface area contributed by atoms with Crippen molar-refractivity contribution in [3.63, 3.8) is 0 Å². The quantitative estimate of drug-likeness (QED) is 0.285. The zero-order valence-corrected chi connectivity index (χ0v) is 21.7. The summed E-state index contributed by atoms with van der Waals surface area (Å²) in [7, 11) is -3.53. The van der Waals surface area contributed by atoms with Crippen molar-refractivity contribution in [3.8, 4) is 0 Å². The molecule has 0 aromatic heterocycles. The van der Waals surface area contributed by atoms with Gasteiger partial charge in [-0.15, -0.1) is 0 Å². The minimum Gasteiger partial charge on any atom is -0.326 e. The number of amides is 1. The fourth-order valence-electron chi connectivity index (χ4n) is 4.78. The lowest BCUT2D eigenvalue weighted by Gasteiger charge is -2.24. The van der Waals surface area contributed by atoms with Crippen molar-refractivity contribution in [2.24, 2.45) is 0 Å². The zero-order valence-electron chi connectivity index (χ0n) is 20.1. The van der Waals surface area contributed by atoms with Crippen LogP contribution in [0.2, 0.25) is 0 Å². The maximum Gasteiger partial charge on any atom is 0.232 e. The fraction of sp³-hybridized carbons (Fsp3) is 0.207. The molecule has 0 saturated heterocycles. The van der Waals surface area contributed by atoms with Crippen LogP contribution in [0, 0.1) is 0 Å². The Kier molecular flexibility index (Phi) is 7.03. The molecule has 0 atom stereocenters. The van der Waals surface area contributed by atoms with Crippen LogP contribution in [0.1, 0.15) is 24.0 Å². The Morgan fingerprint density at radius 1 is 0.889 bits per heavy atom. The molecule has 1 amide bonds. The molecule has 1 aliphatic rings. The van der Waals surface area contributed by atoms with Gasteiger partial charge in [0.25, 0.3) is 0 Å². The average Bonchev–Trinajstić information content (AvgIpc) is 3.29. The largest absolute Gasteiger partial charge is 0.326 e. The lowest BCUT2D eigenvalue weighted by atomic mass is 10.0. The number of nitrogens with one attached hydrogen (secondary N) is 1. The minimum atomic E-state index is -3.53. The van der Waals surface area contributed by atoms with Gasteiger partial charge in [0.1, 0.15) is 0 Å². The molecule has 0 spiro atoms. The molecule has 36 heavy (non-hydrogen) atoms. The standard InChI is InChI=1S/C29H28N2O3S2/c1-36(33,34)31(26-13-5-6-14-27(26)35-23-10-3-2-4-11-23)20-8-15-28(32)30-25-19-18-22-17-16-21-9-7-12-24(25)29(21)22/h2-7,9-14,18-19H,8,15-17,20H2,1H3,(H,30,32). The van der Waals surface area contributed by atoms with E-state index < -0.39 is 10.0 Å². The van der Waals surface area contributed by atoms with Gasteiger partial charge in [0, 0.05) is 33.8 Å². The monoisotopic (exact) mass is 516 g/mol. The Balaban J connectivity index is 1.28. The second-order valence-corrected chi connectivity index (χ2v) is 12.0. The van der Waals surface area contributed by atoms with E-state index in [0.29, 0.717) is 12.1 Å². The van der Waals surface area contributed by atoms with Crippen molar-refractivity contribution >= 4 is 49.8 Å². The number of sulfonamides is 1. The third-order valence-corrected chi connectivity index (χ3v) is 8.67. The van der Waals surface area contributed by atoms with Crippen LogP contribution in [0.5, 0.6) is 0 Å². The second-order valence-electron chi connectivity index (χ2n) is 8.98. The van der Waals surface area contributed by atoms with Gasteiger partial charge in [-0.2, -0.15) is 0 Å². The van der Waals surface area contributed by atoms with Gasteiger partial charge in [-0.3, -0.25) is 9.10 Å². The number of para-hydroxylation sites is 1. The summed E-state index contributed by atoms with van der Waals surface area (Å²) in [5.74, 6) is -0.117. The van der Waals surface area contributed by atoms with Crippen LogP contribution >= 0.6 is 11.8 Å². The summed E-state index contributed by atoms with van der Waals surface area (Å²) in [5.41, 5.74) is 4.10. The van der Waals surface area contributed by atoms with Crippen LogP contribution in [0.4, 0.5) is 11.4 Å². The summed E-state index contributed by atoms with van der Waals surface area (Å²) in [5, 5.41) is 5.38. The second kappa shape index (κ2) is 10.4. The molecule has 7 heteroatoms. The van der Waals surface area contributed by atoms with Crippen molar-refractivity contribution in [2.45, 2.75) is 35.5 Å². The lowest BCUT2D eigenvalue weighted by molar-refractivity contribution is -0.116. The molecule has 0 unspecified atom stereocenters. The normalized spacial score (nSPS) is 12.6. The van der Waals surface area contributed by atoms with Crippen molar-refractivity contribution in [1.29, 1.82) is 0 Å². The summed E-state index contributed by atoms with van der Waals surface area (Å²) >= 11 is 1.52. The third-order valence-electron chi connectivity index (χ3n) is 6.42. The summed E-state index contributed by atoms with van der Waals surface area (Å²) < 4.78 is 26.9. The first-order chi connectivity index (χ1) is 17.4. The van der Waals surface area contributed by atoms with E-state index >= 15 is 0 Å². The van der Waals surface area contributed by atoms with Crippen molar-refractivity contribution in [2.75, 3.05) is 22.4 Å². The van der Waals surface area contributed by atoms with Gasteiger partial charge in [0.2, 0.25) is 15.9 Å². The summed E-state index contributed by atoms with van der Waals surface area (Å²) in [6.07, 6.45) is 3.92. The minimum absolute atomic E-state index is 0.117. The van der Waals surface area contributed by atoms with Crippen molar-refractivity contribution in [3.05, 3.63) is 96.1 Å². The molecular formula is C29H28N2O3S2. The van der Waals surface area contributed by atoms with Gasteiger partial charge in [0.15, 0.2) is 0 Å². The highest BCUT2D eigenvalue weighted by Crippen LogP contribution is 2.37. The van der Waals surface area contributed by atoms with Crippen LogP contribution in [0.25, 0.3) is 10.8 Å². The Hall–Kier alpha value is -3.29. The van der Waals surface area contributed by atoms with E-state index in [1.54, 1.807) is 0 Å². The van der Waals surface area contributed by atoms with Gasteiger partial charge in [-0.25, -0.2) is 8.42 Å². The molecule has 1 aliphatic carbocycles. The number of rotatable bonds is 9. The van der Waals surface area contributed by atoms with Crippen LogP contribution in [0.15, 0.2) is 94.7 Å². The number of carbonyl (C=O) groups is 1. The molecule has 184 valence electrons. The maximum atomic E-state index is 12.8. The van der Waals surface area contributed by atoms with E-state index in [0.717, 1.165) is 33.7 Å². The predicted octanol–water partition coefficient (Wildman–Crippen LogP) is 6.27. The molecule has 1 N–H and O–H groups in total. The highest BCUT2D eigenvalue weighted by Gasteiger charge is 2.21. The SMILES string of the molecule is CS(=O)(=O)N(CCCC(=O)Nc1ccc2c3c(cccc13)CC2)c1ccccc1Sc1ccccc1. The van der Waals surface area contributed by atoms with Crippen LogP contribution < -0.4 is 9.62 Å². The molecule has 4 aromatic rings. The lowest BCUT2D eigenvalue weighted by Crippen LogP contribution is -2.32. The van der Waals surface area contributed by atoms with E-state index in [1.165, 1.54) is 38.8 Å². The maximum absolute atomic E-state index is 12.8. The number of nitrogens with zero attached hydrogens (tertiary/aromatic N) is 1. The van der Waals surface area contributed by atoms with Gasteiger partial charge in [0.05, 0.1) is 11.9 Å².